The molecule has 0 saturated carbocycles. The zero-order valence-corrected chi connectivity index (χ0v) is 20.7. The van der Waals surface area contributed by atoms with Crippen molar-refractivity contribution in [1.82, 2.24) is 19.4 Å². The van der Waals surface area contributed by atoms with Gasteiger partial charge in [-0.2, -0.15) is 0 Å². The molecule has 0 fully saturated rings. The fourth-order valence-electron chi connectivity index (χ4n) is 3.57. The lowest BCUT2D eigenvalue weighted by molar-refractivity contribution is 0.0665. The van der Waals surface area contributed by atoms with Crippen molar-refractivity contribution in [3.8, 4) is 0 Å². The van der Waals surface area contributed by atoms with E-state index in [1.54, 1.807) is 45.9 Å². The number of carbonyl (C=O) groups is 1. The summed E-state index contributed by atoms with van der Waals surface area (Å²) in [6, 6.07) is 9.35. The number of rotatable bonds is 7. The number of hydrogen-bond donors (Lipinski definition) is 0. The molecule has 1 unspecified atom stereocenters. The van der Waals surface area contributed by atoms with Gasteiger partial charge in [-0.3, -0.25) is 14.2 Å². The minimum absolute atomic E-state index is 0.189. The third-order valence-corrected chi connectivity index (χ3v) is 6.10. The van der Waals surface area contributed by atoms with Crippen LogP contribution in [0.4, 0.5) is 0 Å². The van der Waals surface area contributed by atoms with Gasteiger partial charge in [-0.1, -0.05) is 34.8 Å². The van der Waals surface area contributed by atoms with E-state index < -0.39 is 6.04 Å². The maximum absolute atomic E-state index is 13.5. The van der Waals surface area contributed by atoms with Crippen LogP contribution in [0.2, 0.25) is 15.1 Å². The van der Waals surface area contributed by atoms with Gasteiger partial charge in [-0.25, -0.2) is 4.98 Å². The summed E-state index contributed by atoms with van der Waals surface area (Å²) in [7, 11) is 3.87. The van der Waals surface area contributed by atoms with E-state index in [0.717, 1.165) is 0 Å². The molecule has 32 heavy (non-hydrogen) atoms. The van der Waals surface area contributed by atoms with Gasteiger partial charge >= 0.3 is 0 Å². The first-order chi connectivity index (χ1) is 15.1. The Morgan fingerprint density at radius 3 is 2.34 bits per heavy atom. The standard InChI is InChI=1S/C23H25Cl3N4O2/c1-5-29-21(27-20-9-7-15(24)12-18(20)23(29)32)14(2)30(11-10-28(3)4)22(31)17-8-6-16(25)13-19(17)26/h6-9,12-14H,5,10-11H2,1-4H3. The minimum atomic E-state index is -0.484. The number of carbonyl (C=O) groups excluding carboxylic acids is 1. The Morgan fingerprint density at radius 2 is 1.72 bits per heavy atom. The Morgan fingerprint density at radius 1 is 1.06 bits per heavy atom. The van der Waals surface area contributed by atoms with Crippen LogP contribution in [0.15, 0.2) is 41.2 Å². The highest BCUT2D eigenvalue weighted by molar-refractivity contribution is 6.36. The highest BCUT2D eigenvalue weighted by atomic mass is 35.5. The molecule has 1 atom stereocenters. The Labute approximate surface area is 202 Å². The topological polar surface area (TPSA) is 58.4 Å². The van der Waals surface area contributed by atoms with Crippen molar-refractivity contribution in [3.63, 3.8) is 0 Å². The number of nitrogens with zero attached hydrogens (tertiary/aromatic N) is 4. The van der Waals surface area contributed by atoms with Crippen molar-refractivity contribution in [2.45, 2.75) is 26.4 Å². The lowest BCUT2D eigenvalue weighted by Gasteiger charge is -2.31. The predicted octanol–water partition coefficient (Wildman–Crippen LogP) is 5.14. The van der Waals surface area contributed by atoms with E-state index >= 15 is 0 Å². The molecular formula is C23H25Cl3N4O2. The van der Waals surface area contributed by atoms with E-state index in [2.05, 4.69) is 0 Å². The van der Waals surface area contributed by atoms with Crippen LogP contribution in [0.3, 0.4) is 0 Å². The highest BCUT2D eigenvalue weighted by Crippen LogP contribution is 2.27. The first-order valence-corrected chi connectivity index (χ1v) is 11.4. The summed E-state index contributed by atoms with van der Waals surface area (Å²) >= 11 is 18.4. The second kappa shape index (κ2) is 10.2. The average molecular weight is 496 g/mol. The summed E-state index contributed by atoms with van der Waals surface area (Å²) in [4.78, 5) is 35.1. The van der Waals surface area contributed by atoms with Crippen LogP contribution < -0.4 is 5.56 Å². The molecule has 0 spiro atoms. The van der Waals surface area contributed by atoms with E-state index in [0.29, 0.717) is 52.0 Å². The van der Waals surface area contributed by atoms with Crippen LogP contribution >= 0.6 is 34.8 Å². The monoisotopic (exact) mass is 494 g/mol. The third-order valence-electron chi connectivity index (χ3n) is 5.31. The number of benzene rings is 2. The molecule has 6 nitrogen and oxygen atoms in total. The van der Waals surface area contributed by atoms with Crippen LogP contribution in [0, 0.1) is 0 Å². The molecule has 0 N–H and O–H groups in total. The van der Waals surface area contributed by atoms with Crippen molar-refractivity contribution in [2.75, 3.05) is 27.2 Å². The number of likely N-dealkylation sites (N-methyl/N-ethyl adjacent to an activating group) is 1. The predicted molar refractivity (Wildman–Crippen MR) is 131 cm³/mol. The third kappa shape index (κ3) is 5.09. The first kappa shape index (κ1) is 24.5. The van der Waals surface area contributed by atoms with Gasteiger partial charge in [-0.05, 0) is 64.3 Å². The number of halogens is 3. The van der Waals surface area contributed by atoms with Gasteiger partial charge in [0.05, 0.1) is 27.5 Å². The second-order valence-corrected chi connectivity index (χ2v) is 9.06. The molecule has 2 aromatic carbocycles. The van der Waals surface area contributed by atoms with Gasteiger partial charge in [0.25, 0.3) is 11.5 Å². The number of fused-ring (bicyclic) bond motifs is 1. The lowest BCUT2D eigenvalue weighted by Crippen LogP contribution is -2.41. The Balaban J connectivity index is 2.12. The molecule has 0 saturated heterocycles. The molecule has 3 aromatic rings. The van der Waals surface area contributed by atoms with E-state index in [4.69, 9.17) is 39.8 Å². The number of aromatic nitrogens is 2. The molecule has 3 rings (SSSR count). The number of amides is 1. The molecule has 1 amide bonds. The minimum Gasteiger partial charge on any atom is -0.327 e. The van der Waals surface area contributed by atoms with Crippen LogP contribution in [-0.2, 0) is 6.54 Å². The Kier molecular flexibility index (Phi) is 7.83. The molecule has 1 aromatic heterocycles. The van der Waals surface area contributed by atoms with Crippen LogP contribution in [-0.4, -0.2) is 52.4 Å². The van der Waals surface area contributed by atoms with Crippen LogP contribution in [0.1, 0.15) is 36.1 Å². The lowest BCUT2D eigenvalue weighted by atomic mass is 10.1. The van der Waals surface area contributed by atoms with Crippen molar-refractivity contribution < 1.29 is 4.79 Å². The van der Waals surface area contributed by atoms with Crippen molar-refractivity contribution in [2.24, 2.45) is 0 Å². The molecule has 0 aliphatic carbocycles. The summed E-state index contributed by atoms with van der Waals surface area (Å²) in [6.45, 7) is 5.20. The van der Waals surface area contributed by atoms with E-state index in [-0.39, 0.29) is 16.5 Å². The van der Waals surface area contributed by atoms with Crippen LogP contribution in [0.5, 0.6) is 0 Å². The molecule has 170 valence electrons. The molecule has 0 bridgehead atoms. The van der Waals surface area contributed by atoms with Crippen molar-refractivity contribution in [3.05, 3.63) is 73.2 Å². The van der Waals surface area contributed by atoms with Gasteiger partial charge in [0.1, 0.15) is 5.82 Å². The Bertz CT molecular complexity index is 1210. The second-order valence-electron chi connectivity index (χ2n) is 7.78. The Hall–Kier alpha value is -2.12. The molecule has 0 aliphatic heterocycles. The van der Waals surface area contributed by atoms with E-state index in [9.17, 15) is 9.59 Å². The van der Waals surface area contributed by atoms with Gasteiger partial charge in [-0.15, -0.1) is 0 Å². The van der Waals surface area contributed by atoms with Gasteiger partial charge < -0.3 is 9.80 Å². The maximum atomic E-state index is 13.5. The summed E-state index contributed by atoms with van der Waals surface area (Å²) in [5, 5.41) is 1.65. The van der Waals surface area contributed by atoms with Gasteiger partial charge in [0.15, 0.2) is 0 Å². The molecule has 9 heteroatoms. The summed E-state index contributed by atoms with van der Waals surface area (Å²) in [5.41, 5.74) is 0.696. The van der Waals surface area contributed by atoms with Crippen molar-refractivity contribution in [1.29, 1.82) is 0 Å². The smallest absolute Gasteiger partial charge is 0.261 e. The van der Waals surface area contributed by atoms with E-state index in [1.165, 1.54) is 0 Å². The highest BCUT2D eigenvalue weighted by Gasteiger charge is 2.28. The fraction of sp³-hybridized carbons (Fsp3) is 0.348. The largest absolute Gasteiger partial charge is 0.327 e. The normalized spacial score (nSPS) is 12.4. The van der Waals surface area contributed by atoms with Crippen molar-refractivity contribution >= 4 is 51.6 Å². The van der Waals surface area contributed by atoms with Crippen LogP contribution in [0.25, 0.3) is 10.9 Å². The first-order valence-electron chi connectivity index (χ1n) is 10.2. The average Bonchev–Trinajstić information content (AvgIpc) is 2.73. The summed E-state index contributed by atoms with van der Waals surface area (Å²) in [5.74, 6) is 0.249. The van der Waals surface area contributed by atoms with Gasteiger partial charge in [0, 0.05) is 29.7 Å². The zero-order chi connectivity index (χ0) is 23.6. The number of hydrogen-bond acceptors (Lipinski definition) is 4. The summed E-state index contributed by atoms with van der Waals surface area (Å²) < 4.78 is 1.59. The van der Waals surface area contributed by atoms with E-state index in [1.807, 2.05) is 32.8 Å². The zero-order valence-electron chi connectivity index (χ0n) is 18.4. The van der Waals surface area contributed by atoms with Gasteiger partial charge in [0.2, 0.25) is 0 Å². The molecule has 0 aliphatic rings. The molecule has 0 radical (unpaired) electrons. The fourth-order valence-corrected chi connectivity index (χ4v) is 4.23. The SMILES string of the molecule is CCn1c(C(C)N(CCN(C)C)C(=O)c2ccc(Cl)cc2Cl)nc2ccc(Cl)cc2c1=O. The summed E-state index contributed by atoms with van der Waals surface area (Å²) in [6.07, 6.45) is 0. The quantitative estimate of drug-likeness (QED) is 0.455. The molecule has 1 heterocycles. The molecular weight excluding hydrogens is 471 g/mol. The maximum Gasteiger partial charge on any atom is 0.261 e.